The van der Waals surface area contributed by atoms with Crippen LogP contribution in [0.15, 0.2) is 48.5 Å². The van der Waals surface area contributed by atoms with Gasteiger partial charge < -0.3 is 9.64 Å². The number of hydrogen-bond donors (Lipinski definition) is 0. The lowest BCUT2D eigenvalue weighted by atomic mass is 9.71. The first-order valence-corrected chi connectivity index (χ1v) is 15.6. The third-order valence-electron chi connectivity index (χ3n) is 8.14. The Morgan fingerprint density at radius 1 is 1.10 bits per heavy atom. The number of rotatable bonds is 10. The lowest BCUT2D eigenvalue weighted by molar-refractivity contribution is -0.159. The highest BCUT2D eigenvalue weighted by Gasteiger charge is 2.49. The first-order chi connectivity index (χ1) is 18.5. The lowest BCUT2D eigenvalue weighted by Gasteiger charge is -2.49. The largest absolute Gasteiger partial charge is 0.469 e. The Kier molecular flexibility index (Phi) is 9.31. The third kappa shape index (κ3) is 6.29. The smallest absolute Gasteiger partial charge is 0.309 e. The fraction of sp³-hybridized carbons (Fsp3) is 0.517. The first-order valence-electron chi connectivity index (χ1n) is 13.4. The molecule has 0 N–H and O–H groups in total. The van der Waals surface area contributed by atoms with Crippen molar-refractivity contribution in [1.29, 1.82) is 0 Å². The van der Waals surface area contributed by atoms with Crippen LogP contribution in [-0.4, -0.2) is 61.5 Å². The molecule has 7 nitrogen and oxygen atoms in total. The number of methoxy groups -OCH3 is 1. The zero-order valence-corrected chi connectivity index (χ0v) is 25.0. The zero-order chi connectivity index (χ0) is 28.5. The Morgan fingerprint density at radius 2 is 1.77 bits per heavy atom. The van der Waals surface area contributed by atoms with E-state index in [0.717, 1.165) is 11.1 Å². The molecule has 2 aliphatic rings. The summed E-state index contributed by atoms with van der Waals surface area (Å²) in [4.78, 5) is 28.8. The summed E-state index contributed by atoms with van der Waals surface area (Å²) >= 11 is 12.6. The van der Waals surface area contributed by atoms with E-state index in [2.05, 4.69) is 0 Å². The Morgan fingerprint density at radius 3 is 2.33 bits per heavy atom. The lowest BCUT2D eigenvalue weighted by Crippen LogP contribution is -2.56. The van der Waals surface area contributed by atoms with Gasteiger partial charge in [-0.05, 0) is 61.1 Å². The highest BCUT2D eigenvalue weighted by atomic mass is 35.5. The van der Waals surface area contributed by atoms with Crippen LogP contribution in [0, 0.1) is 11.8 Å². The van der Waals surface area contributed by atoms with E-state index in [9.17, 15) is 18.0 Å². The predicted octanol–water partition coefficient (Wildman–Crippen LogP) is 5.68. The van der Waals surface area contributed by atoms with Crippen LogP contribution < -0.4 is 0 Å². The summed E-state index contributed by atoms with van der Waals surface area (Å²) < 4.78 is 32.5. The number of hydrogen-bond acceptors (Lipinski definition) is 5. The fourth-order valence-electron chi connectivity index (χ4n) is 5.74. The van der Waals surface area contributed by atoms with Crippen molar-refractivity contribution in [3.8, 4) is 0 Å². The SMILES string of the molecule is CC[C@@H](CN(C)S(=O)(=O)C1CC1)N1C(=O)[C@H](C(C)C(=O)OC)CC(c2cccc(Cl)c2)[C@H]1c1ccc(Cl)cc1. The number of halogens is 2. The van der Waals surface area contributed by atoms with Crippen molar-refractivity contribution in [2.24, 2.45) is 11.8 Å². The minimum absolute atomic E-state index is 0.159. The number of esters is 1. The van der Waals surface area contributed by atoms with E-state index in [0.29, 0.717) is 35.7 Å². The Bertz CT molecular complexity index is 1300. The standard InChI is InChI=1S/C29H36Cl2N2O5S/c1-5-23(17-32(3)39(36,37)24-13-14-24)33-27(19-9-11-21(30)12-10-19)26(20-7-6-8-22(31)15-20)16-25(28(33)34)18(2)29(35)38-4/h6-12,15,18,23-27H,5,13-14,16-17H2,1-4H3/t18?,23-,25-,26?,27+/m0/s1. The van der Waals surface area contributed by atoms with E-state index < -0.39 is 39.9 Å². The number of sulfonamides is 1. The number of carbonyl (C=O) groups is 2. The molecule has 212 valence electrons. The Balaban J connectivity index is 1.85. The highest BCUT2D eigenvalue weighted by Crippen LogP contribution is 2.48. The van der Waals surface area contributed by atoms with Gasteiger partial charge in [-0.1, -0.05) is 61.3 Å². The number of piperidine rings is 1. The van der Waals surface area contributed by atoms with E-state index in [1.165, 1.54) is 11.4 Å². The second-order valence-electron chi connectivity index (χ2n) is 10.6. The molecule has 2 aromatic rings. The van der Waals surface area contributed by atoms with Crippen molar-refractivity contribution in [1.82, 2.24) is 9.21 Å². The molecule has 4 rings (SSSR count). The second kappa shape index (κ2) is 12.2. The minimum Gasteiger partial charge on any atom is -0.469 e. The number of nitrogens with zero attached hydrogens (tertiary/aromatic N) is 2. The molecular weight excluding hydrogens is 559 g/mol. The van der Waals surface area contributed by atoms with Crippen LogP contribution in [0.2, 0.25) is 10.0 Å². The minimum atomic E-state index is -3.45. The topological polar surface area (TPSA) is 84.0 Å². The molecule has 0 bridgehead atoms. The van der Waals surface area contributed by atoms with Gasteiger partial charge in [0.1, 0.15) is 0 Å². The summed E-state index contributed by atoms with van der Waals surface area (Å²) in [6.45, 7) is 3.83. The predicted molar refractivity (Wildman–Crippen MR) is 153 cm³/mol. The summed E-state index contributed by atoms with van der Waals surface area (Å²) in [6.07, 6.45) is 2.26. The van der Waals surface area contributed by atoms with Gasteiger partial charge in [-0.3, -0.25) is 9.59 Å². The van der Waals surface area contributed by atoms with E-state index >= 15 is 0 Å². The molecule has 1 saturated carbocycles. The van der Waals surface area contributed by atoms with Gasteiger partial charge in [0.2, 0.25) is 15.9 Å². The summed E-state index contributed by atoms with van der Waals surface area (Å²) in [5.41, 5.74) is 1.82. The van der Waals surface area contributed by atoms with Crippen LogP contribution in [0.1, 0.15) is 62.6 Å². The number of likely N-dealkylation sites (tertiary alicyclic amines) is 1. The number of benzene rings is 2. The monoisotopic (exact) mass is 594 g/mol. The Hall–Kier alpha value is -2.13. The molecule has 2 fully saturated rings. The van der Waals surface area contributed by atoms with Gasteiger partial charge in [0, 0.05) is 35.6 Å². The average molecular weight is 596 g/mol. The van der Waals surface area contributed by atoms with Gasteiger partial charge >= 0.3 is 5.97 Å². The van der Waals surface area contributed by atoms with Gasteiger partial charge in [-0.25, -0.2) is 12.7 Å². The molecule has 1 aliphatic carbocycles. The number of carbonyl (C=O) groups excluding carboxylic acids is 2. The summed E-state index contributed by atoms with van der Waals surface area (Å²) in [5, 5.41) is 0.798. The van der Waals surface area contributed by atoms with E-state index in [4.69, 9.17) is 27.9 Å². The van der Waals surface area contributed by atoms with Crippen LogP contribution >= 0.6 is 23.2 Å². The molecule has 1 amide bonds. The van der Waals surface area contributed by atoms with Crippen LogP contribution in [0.5, 0.6) is 0 Å². The fourth-order valence-corrected chi connectivity index (χ4v) is 7.69. The molecule has 0 radical (unpaired) electrons. The van der Waals surface area contributed by atoms with Gasteiger partial charge in [0.25, 0.3) is 0 Å². The third-order valence-corrected chi connectivity index (χ3v) is 11.0. The van der Waals surface area contributed by atoms with Crippen LogP contribution in [-0.2, 0) is 24.3 Å². The summed E-state index contributed by atoms with van der Waals surface area (Å²) in [6, 6.07) is 14.1. The molecule has 1 saturated heterocycles. The maximum absolute atomic E-state index is 14.4. The summed E-state index contributed by atoms with van der Waals surface area (Å²) in [5.74, 6) is -2.17. The van der Waals surface area contributed by atoms with Crippen LogP contribution in [0.3, 0.4) is 0 Å². The number of amides is 1. The van der Waals surface area contributed by atoms with Crippen LogP contribution in [0.25, 0.3) is 0 Å². The maximum Gasteiger partial charge on any atom is 0.309 e. The Labute approximate surface area is 241 Å². The molecule has 0 spiro atoms. The second-order valence-corrected chi connectivity index (χ2v) is 13.8. The molecule has 10 heteroatoms. The van der Waals surface area contributed by atoms with E-state index in [1.807, 2.05) is 42.2 Å². The van der Waals surface area contributed by atoms with E-state index in [1.54, 1.807) is 32.2 Å². The normalized spacial score (nSPS) is 23.5. The van der Waals surface area contributed by atoms with Gasteiger partial charge in [-0.2, -0.15) is 0 Å². The maximum atomic E-state index is 14.4. The molecule has 5 atom stereocenters. The van der Waals surface area contributed by atoms with Crippen molar-refractivity contribution in [3.63, 3.8) is 0 Å². The summed E-state index contributed by atoms with van der Waals surface area (Å²) in [7, 11) is -0.538. The van der Waals surface area contributed by atoms with Gasteiger partial charge in [-0.15, -0.1) is 0 Å². The first kappa shape index (κ1) is 29.8. The molecule has 0 aromatic heterocycles. The van der Waals surface area contributed by atoms with Crippen molar-refractivity contribution in [2.45, 2.75) is 62.8 Å². The van der Waals surface area contributed by atoms with Crippen molar-refractivity contribution >= 4 is 45.1 Å². The zero-order valence-electron chi connectivity index (χ0n) is 22.7. The quantitative estimate of drug-likeness (QED) is 0.330. The van der Waals surface area contributed by atoms with Crippen molar-refractivity contribution < 1.29 is 22.7 Å². The van der Waals surface area contributed by atoms with Gasteiger partial charge in [0.05, 0.1) is 30.2 Å². The van der Waals surface area contributed by atoms with Gasteiger partial charge in [0.15, 0.2) is 0 Å². The molecule has 39 heavy (non-hydrogen) atoms. The number of ether oxygens (including phenoxy) is 1. The van der Waals surface area contributed by atoms with E-state index in [-0.39, 0.29) is 23.6 Å². The molecule has 1 heterocycles. The molecule has 2 unspecified atom stereocenters. The molecule has 2 aromatic carbocycles. The molecular formula is C29H36Cl2N2O5S. The highest BCUT2D eigenvalue weighted by molar-refractivity contribution is 7.90. The average Bonchev–Trinajstić information content (AvgIpc) is 3.77. The molecule has 1 aliphatic heterocycles. The van der Waals surface area contributed by atoms with Crippen LogP contribution in [0.4, 0.5) is 0 Å². The number of likely N-dealkylation sites (N-methyl/N-ethyl adjacent to an activating group) is 1. The van der Waals surface area contributed by atoms with Crippen molar-refractivity contribution in [3.05, 3.63) is 69.7 Å². The van der Waals surface area contributed by atoms with Crippen molar-refractivity contribution in [2.75, 3.05) is 20.7 Å².